The molecule has 2 N–H and O–H groups in total. The van der Waals surface area contributed by atoms with Gasteiger partial charge >= 0.3 is 0 Å². The summed E-state index contributed by atoms with van der Waals surface area (Å²) >= 11 is 3.47. The molecule has 0 saturated heterocycles. The fourth-order valence-corrected chi connectivity index (χ4v) is 3.05. The highest BCUT2D eigenvalue weighted by Crippen LogP contribution is 2.22. The minimum absolute atomic E-state index is 0.109. The average Bonchev–Trinajstić information content (AvgIpc) is 3.03. The highest BCUT2D eigenvalue weighted by molar-refractivity contribution is 9.10. The van der Waals surface area contributed by atoms with Crippen molar-refractivity contribution in [1.29, 1.82) is 0 Å². The Labute approximate surface area is 160 Å². The van der Waals surface area contributed by atoms with Crippen LogP contribution in [-0.4, -0.2) is 32.6 Å². The van der Waals surface area contributed by atoms with Gasteiger partial charge in [0.15, 0.2) is 5.82 Å². The van der Waals surface area contributed by atoms with Crippen LogP contribution in [-0.2, 0) is 6.42 Å². The molecule has 1 aromatic carbocycles. The first-order chi connectivity index (χ1) is 12.5. The average molecular weight is 414 g/mol. The molecule has 7 heteroatoms. The number of aromatic amines is 1. The molecule has 2 heterocycles. The van der Waals surface area contributed by atoms with E-state index in [1.54, 1.807) is 0 Å². The van der Waals surface area contributed by atoms with Gasteiger partial charge in [-0.2, -0.15) is 5.10 Å². The molecule has 0 aliphatic rings. The van der Waals surface area contributed by atoms with E-state index < -0.39 is 0 Å². The van der Waals surface area contributed by atoms with Crippen molar-refractivity contribution in [1.82, 2.24) is 25.5 Å². The molecule has 0 radical (unpaired) electrons. The third-order valence-electron chi connectivity index (χ3n) is 3.96. The lowest BCUT2D eigenvalue weighted by atomic mass is 10.1. The van der Waals surface area contributed by atoms with E-state index in [4.69, 9.17) is 0 Å². The van der Waals surface area contributed by atoms with E-state index in [2.05, 4.69) is 41.4 Å². The highest BCUT2D eigenvalue weighted by Gasteiger charge is 2.11. The summed E-state index contributed by atoms with van der Waals surface area (Å²) in [4.78, 5) is 21.2. The molecule has 0 aliphatic carbocycles. The number of benzene rings is 1. The zero-order chi connectivity index (χ0) is 18.5. The second kappa shape index (κ2) is 8.23. The number of nitrogens with zero attached hydrogens (tertiary/aromatic N) is 3. The van der Waals surface area contributed by atoms with Crippen LogP contribution < -0.4 is 5.32 Å². The van der Waals surface area contributed by atoms with Gasteiger partial charge in [-0.05, 0) is 44.5 Å². The normalized spacial score (nSPS) is 10.7. The monoisotopic (exact) mass is 413 g/mol. The van der Waals surface area contributed by atoms with E-state index in [0.717, 1.165) is 40.2 Å². The number of carbonyl (C=O) groups excluding carboxylic acids is 1. The second-order valence-electron chi connectivity index (χ2n) is 6.04. The van der Waals surface area contributed by atoms with Gasteiger partial charge in [0.1, 0.15) is 5.82 Å². The van der Waals surface area contributed by atoms with E-state index >= 15 is 0 Å². The Hall–Kier alpha value is -2.54. The Morgan fingerprint density at radius 3 is 2.73 bits per heavy atom. The SMILES string of the molecule is Cc1nc(CCCNC(=O)c2ccc(-c3cccc(Br)c3)nc2C)n[nH]1. The molecule has 2 aromatic heterocycles. The number of hydrogen-bond acceptors (Lipinski definition) is 4. The third kappa shape index (κ3) is 4.54. The molecule has 0 bridgehead atoms. The molecule has 6 nitrogen and oxygen atoms in total. The van der Waals surface area contributed by atoms with E-state index in [0.29, 0.717) is 17.8 Å². The zero-order valence-electron chi connectivity index (χ0n) is 14.7. The number of H-pyrrole nitrogens is 1. The van der Waals surface area contributed by atoms with Crippen molar-refractivity contribution in [3.63, 3.8) is 0 Å². The fourth-order valence-electron chi connectivity index (χ4n) is 2.65. The van der Waals surface area contributed by atoms with Crippen molar-refractivity contribution in [2.24, 2.45) is 0 Å². The van der Waals surface area contributed by atoms with Crippen molar-refractivity contribution in [3.05, 3.63) is 63.8 Å². The van der Waals surface area contributed by atoms with Crippen LogP contribution in [0.5, 0.6) is 0 Å². The predicted molar refractivity (Wildman–Crippen MR) is 104 cm³/mol. The van der Waals surface area contributed by atoms with Gasteiger partial charge in [0, 0.05) is 23.0 Å². The summed E-state index contributed by atoms with van der Waals surface area (Å²) in [5.74, 6) is 1.46. The molecule has 0 atom stereocenters. The lowest BCUT2D eigenvalue weighted by molar-refractivity contribution is 0.0952. The van der Waals surface area contributed by atoms with Gasteiger partial charge in [-0.1, -0.05) is 28.1 Å². The van der Waals surface area contributed by atoms with Crippen LogP contribution in [0.25, 0.3) is 11.3 Å². The van der Waals surface area contributed by atoms with Gasteiger partial charge in [0.2, 0.25) is 0 Å². The molecule has 0 spiro atoms. The summed E-state index contributed by atoms with van der Waals surface area (Å²) in [6.45, 7) is 4.29. The smallest absolute Gasteiger partial charge is 0.253 e. The first-order valence-electron chi connectivity index (χ1n) is 8.42. The molecule has 134 valence electrons. The van der Waals surface area contributed by atoms with E-state index in [1.165, 1.54) is 0 Å². The van der Waals surface area contributed by atoms with Crippen LogP contribution in [0.2, 0.25) is 0 Å². The first kappa shape index (κ1) is 18.3. The van der Waals surface area contributed by atoms with Crippen LogP contribution in [0.1, 0.15) is 34.1 Å². The van der Waals surface area contributed by atoms with Gasteiger partial charge in [0.25, 0.3) is 5.91 Å². The standard InChI is InChI=1S/C19H20BrN5O/c1-12-16(8-9-17(22-12)14-5-3-6-15(20)11-14)19(26)21-10-4-7-18-23-13(2)24-25-18/h3,5-6,8-9,11H,4,7,10H2,1-2H3,(H,21,26)(H,23,24,25). The molecule has 26 heavy (non-hydrogen) atoms. The molecule has 0 unspecified atom stereocenters. The Morgan fingerprint density at radius 1 is 1.19 bits per heavy atom. The lowest BCUT2D eigenvalue weighted by Crippen LogP contribution is -2.25. The van der Waals surface area contributed by atoms with Crippen molar-refractivity contribution in [3.8, 4) is 11.3 Å². The van der Waals surface area contributed by atoms with Crippen LogP contribution in [0.4, 0.5) is 0 Å². The minimum atomic E-state index is -0.109. The number of amides is 1. The van der Waals surface area contributed by atoms with E-state index in [-0.39, 0.29) is 5.91 Å². The number of aromatic nitrogens is 4. The molecular formula is C19H20BrN5O. The summed E-state index contributed by atoms with van der Waals surface area (Å²) in [5.41, 5.74) is 3.17. The number of aryl methyl sites for hydroxylation is 3. The van der Waals surface area contributed by atoms with Crippen LogP contribution in [0.3, 0.4) is 0 Å². The molecular weight excluding hydrogens is 394 g/mol. The Balaban J connectivity index is 1.59. The van der Waals surface area contributed by atoms with Gasteiger partial charge in [-0.25, -0.2) is 4.98 Å². The van der Waals surface area contributed by atoms with Gasteiger partial charge in [-0.15, -0.1) is 0 Å². The van der Waals surface area contributed by atoms with Crippen molar-refractivity contribution in [2.75, 3.05) is 6.54 Å². The second-order valence-corrected chi connectivity index (χ2v) is 6.95. The minimum Gasteiger partial charge on any atom is -0.352 e. The zero-order valence-corrected chi connectivity index (χ0v) is 16.3. The Bertz CT molecular complexity index is 922. The number of rotatable bonds is 6. The Morgan fingerprint density at radius 2 is 2.04 bits per heavy atom. The summed E-state index contributed by atoms with van der Waals surface area (Å²) < 4.78 is 0.998. The van der Waals surface area contributed by atoms with Gasteiger partial charge in [0.05, 0.1) is 17.0 Å². The number of pyridine rings is 1. The number of hydrogen-bond donors (Lipinski definition) is 2. The van der Waals surface area contributed by atoms with Crippen LogP contribution in [0, 0.1) is 13.8 Å². The Kier molecular flexibility index (Phi) is 5.78. The molecule has 0 saturated carbocycles. The number of carbonyl (C=O) groups is 1. The topological polar surface area (TPSA) is 83.6 Å². The largest absolute Gasteiger partial charge is 0.352 e. The number of halogens is 1. The molecule has 0 fully saturated rings. The van der Waals surface area contributed by atoms with E-state index in [1.807, 2.05) is 50.2 Å². The first-order valence-corrected chi connectivity index (χ1v) is 9.22. The van der Waals surface area contributed by atoms with E-state index in [9.17, 15) is 4.79 Å². The maximum absolute atomic E-state index is 12.4. The quantitative estimate of drug-likeness (QED) is 0.604. The fraction of sp³-hybridized carbons (Fsp3) is 0.263. The van der Waals surface area contributed by atoms with Gasteiger partial charge in [-0.3, -0.25) is 14.9 Å². The lowest BCUT2D eigenvalue weighted by Gasteiger charge is -2.09. The predicted octanol–water partition coefficient (Wildman–Crippen LogP) is 3.61. The molecule has 1 amide bonds. The third-order valence-corrected chi connectivity index (χ3v) is 4.45. The maximum Gasteiger partial charge on any atom is 0.253 e. The van der Waals surface area contributed by atoms with Gasteiger partial charge < -0.3 is 5.32 Å². The van der Waals surface area contributed by atoms with Crippen molar-refractivity contribution in [2.45, 2.75) is 26.7 Å². The van der Waals surface area contributed by atoms with Crippen molar-refractivity contribution >= 4 is 21.8 Å². The molecule has 3 rings (SSSR count). The van der Waals surface area contributed by atoms with Crippen LogP contribution >= 0.6 is 15.9 Å². The highest BCUT2D eigenvalue weighted by atomic mass is 79.9. The summed E-state index contributed by atoms with van der Waals surface area (Å²) in [5, 5.41) is 9.83. The number of nitrogens with one attached hydrogen (secondary N) is 2. The van der Waals surface area contributed by atoms with Crippen LogP contribution in [0.15, 0.2) is 40.9 Å². The molecule has 0 aliphatic heterocycles. The summed E-state index contributed by atoms with van der Waals surface area (Å²) in [6, 6.07) is 11.6. The summed E-state index contributed by atoms with van der Waals surface area (Å²) in [6.07, 6.45) is 1.51. The van der Waals surface area contributed by atoms with Crippen molar-refractivity contribution < 1.29 is 4.79 Å². The maximum atomic E-state index is 12.4. The molecule has 3 aromatic rings. The summed E-state index contributed by atoms with van der Waals surface area (Å²) in [7, 11) is 0.